The van der Waals surface area contributed by atoms with Crippen LogP contribution in [0.3, 0.4) is 0 Å². The van der Waals surface area contributed by atoms with Gasteiger partial charge in [-0.2, -0.15) is 0 Å². The van der Waals surface area contributed by atoms with E-state index in [0.717, 1.165) is 25.7 Å². The van der Waals surface area contributed by atoms with Crippen molar-refractivity contribution in [3.05, 3.63) is 23.0 Å². The molecule has 3 N–H and O–H groups in total. The minimum Gasteiger partial charge on any atom is -0.397 e. The first-order valence-corrected chi connectivity index (χ1v) is 6.68. The van der Waals surface area contributed by atoms with Crippen molar-refractivity contribution in [3.63, 3.8) is 0 Å². The first kappa shape index (κ1) is 14.1. The van der Waals surface area contributed by atoms with E-state index in [0.29, 0.717) is 12.2 Å². The van der Waals surface area contributed by atoms with Gasteiger partial charge in [-0.25, -0.2) is 4.98 Å². The van der Waals surface area contributed by atoms with Crippen LogP contribution >= 0.6 is 11.6 Å². The number of aliphatic hydroxyl groups is 1. The summed E-state index contributed by atoms with van der Waals surface area (Å²) in [5, 5.41) is 10.4. The number of rotatable bonds is 3. The molecule has 0 unspecified atom stereocenters. The van der Waals surface area contributed by atoms with Crippen LogP contribution < -0.4 is 5.73 Å². The van der Waals surface area contributed by atoms with Crippen LogP contribution in [-0.2, 0) is 0 Å². The summed E-state index contributed by atoms with van der Waals surface area (Å²) in [7, 11) is 1.65. The SMILES string of the molecule is CN(CC1(O)CCCC1)C(=O)c1cc(N)cnc1Cl. The van der Waals surface area contributed by atoms with Crippen molar-refractivity contribution in [2.45, 2.75) is 31.3 Å². The van der Waals surface area contributed by atoms with Gasteiger partial charge in [0.25, 0.3) is 5.91 Å². The highest BCUT2D eigenvalue weighted by molar-refractivity contribution is 6.32. The number of nitrogens with two attached hydrogens (primary N) is 1. The Hall–Kier alpha value is -1.33. The van der Waals surface area contributed by atoms with Crippen LogP contribution in [0.15, 0.2) is 12.3 Å². The number of aromatic nitrogens is 1. The molecule has 0 atom stereocenters. The highest BCUT2D eigenvalue weighted by Crippen LogP contribution is 2.30. The second-order valence-corrected chi connectivity index (χ2v) is 5.56. The Balaban J connectivity index is 2.12. The van der Waals surface area contributed by atoms with Crippen molar-refractivity contribution in [2.75, 3.05) is 19.3 Å². The third kappa shape index (κ3) is 3.16. The first-order chi connectivity index (χ1) is 8.91. The molecule has 1 saturated carbocycles. The van der Waals surface area contributed by atoms with E-state index >= 15 is 0 Å². The molecule has 1 amide bonds. The zero-order valence-electron chi connectivity index (χ0n) is 10.9. The fourth-order valence-corrected chi connectivity index (χ4v) is 2.71. The number of carbonyl (C=O) groups excluding carboxylic acids is 1. The molecule has 0 bridgehead atoms. The summed E-state index contributed by atoms with van der Waals surface area (Å²) in [5.74, 6) is -0.273. The largest absolute Gasteiger partial charge is 0.397 e. The molecule has 1 fully saturated rings. The quantitative estimate of drug-likeness (QED) is 0.828. The number of anilines is 1. The Morgan fingerprint density at radius 1 is 1.58 bits per heavy atom. The maximum Gasteiger partial charge on any atom is 0.256 e. The van der Waals surface area contributed by atoms with Gasteiger partial charge >= 0.3 is 0 Å². The van der Waals surface area contributed by atoms with E-state index in [4.69, 9.17) is 17.3 Å². The van der Waals surface area contributed by atoms with Gasteiger partial charge < -0.3 is 15.7 Å². The van der Waals surface area contributed by atoms with Crippen molar-refractivity contribution in [1.29, 1.82) is 0 Å². The van der Waals surface area contributed by atoms with Gasteiger partial charge in [0.2, 0.25) is 0 Å². The zero-order chi connectivity index (χ0) is 14.0. The van der Waals surface area contributed by atoms with E-state index in [2.05, 4.69) is 4.98 Å². The second-order valence-electron chi connectivity index (χ2n) is 5.20. The molecule has 0 aromatic carbocycles. The maximum absolute atomic E-state index is 12.3. The van der Waals surface area contributed by atoms with Crippen molar-refractivity contribution in [1.82, 2.24) is 9.88 Å². The molecule has 1 aromatic heterocycles. The van der Waals surface area contributed by atoms with E-state index in [9.17, 15) is 9.90 Å². The van der Waals surface area contributed by atoms with Crippen LogP contribution in [0.25, 0.3) is 0 Å². The number of hydrogen-bond donors (Lipinski definition) is 2. The molecule has 6 heteroatoms. The molecule has 1 aromatic rings. The Bertz CT molecular complexity index is 487. The predicted octanol–water partition coefficient (Wildman–Crippen LogP) is 1.69. The van der Waals surface area contributed by atoms with E-state index in [1.807, 2.05) is 0 Å². The van der Waals surface area contributed by atoms with Crippen LogP contribution in [0.2, 0.25) is 5.15 Å². The minimum absolute atomic E-state index is 0.129. The predicted molar refractivity (Wildman–Crippen MR) is 74.0 cm³/mol. The Labute approximate surface area is 117 Å². The number of likely N-dealkylation sites (N-methyl/N-ethyl adjacent to an activating group) is 1. The van der Waals surface area contributed by atoms with Gasteiger partial charge in [0.1, 0.15) is 5.15 Å². The summed E-state index contributed by atoms with van der Waals surface area (Å²) in [4.78, 5) is 17.6. The van der Waals surface area contributed by atoms with Crippen LogP contribution in [-0.4, -0.2) is 40.1 Å². The van der Waals surface area contributed by atoms with Crippen LogP contribution in [0.1, 0.15) is 36.0 Å². The standard InChI is InChI=1S/C13H18ClN3O2/c1-17(8-13(19)4-2-3-5-13)12(18)10-6-9(15)7-16-11(10)14/h6-7,19H,2-5,8,15H2,1H3. The summed E-state index contributed by atoms with van der Waals surface area (Å²) in [6, 6.07) is 1.51. The van der Waals surface area contributed by atoms with Gasteiger partial charge in [-0.1, -0.05) is 24.4 Å². The number of carbonyl (C=O) groups is 1. The van der Waals surface area contributed by atoms with E-state index in [1.54, 1.807) is 7.05 Å². The molecule has 2 rings (SSSR count). The molecule has 104 valence electrons. The molecule has 0 saturated heterocycles. The van der Waals surface area contributed by atoms with Gasteiger partial charge in [-0.05, 0) is 18.9 Å². The summed E-state index contributed by atoms with van der Waals surface area (Å²) < 4.78 is 0. The molecule has 1 aliphatic rings. The van der Waals surface area contributed by atoms with Gasteiger partial charge in [-0.15, -0.1) is 0 Å². The Morgan fingerprint density at radius 2 is 2.21 bits per heavy atom. The van der Waals surface area contributed by atoms with E-state index in [-0.39, 0.29) is 16.6 Å². The molecule has 1 aliphatic carbocycles. The lowest BCUT2D eigenvalue weighted by molar-refractivity contribution is 0.0156. The van der Waals surface area contributed by atoms with E-state index < -0.39 is 5.60 Å². The van der Waals surface area contributed by atoms with Crippen molar-refractivity contribution in [3.8, 4) is 0 Å². The number of hydrogen-bond acceptors (Lipinski definition) is 4. The fraction of sp³-hybridized carbons (Fsp3) is 0.538. The van der Waals surface area contributed by atoms with Crippen molar-refractivity contribution in [2.24, 2.45) is 0 Å². The summed E-state index contributed by atoms with van der Waals surface area (Å²) in [6.45, 7) is 0.303. The molecule has 0 spiro atoms. The van der Waals surface area contributed by atoms with Crippen molar-refractivity contribution >= 4 is 23.2 Å². The lowest BCUT2D eigenvalue weighted by Gasteiger charge is -2.28. The zero-order valence-corrected chi connectivity index (χ0v) is 11.7. The van der Waals surface area contributed by atoms with Gasteiger partial charge in [0, 0.05) is 13.6 Å². The second kappa shape index (κ2) is 5.35. The Morgan fingerprint density at radius 3 is 2.84 bits per heavy atom. The highest BCUT2D eigenvalue weighted by Gasteiger charge is 2.34. The Kier molecular flexibility index (Phi) is 3.96. The summed E-state index contributed by atoms with van der Waals surface area (Å²) >= 11 is 5.91. The summed E-state index contributed by atoms with van der Waals surface area (Å²) in [5.41, 5.74) is 5.50. The van der Waals surface area contributed by atoms with E-state index in [1.165, 1.54) is 17.2 Å². The molecule has 0 aliphatic heterocycles. The third-order valence-electron chi connectivity index (χ3n) is 3.50. The molecule has 0 radical (unpaired) electrons. The topological polar surface area (TPSA) is 79.5 Å². The van der Waals surface area contributed by atoms with Crippen molar-refractivity contribution < 1.29 is 9.90 Å². The number of amides is 1. The summed E-state index contributed by atoms with van der Waals surface area (Å²) in [6.07, 6.45) is 4.86. The normalized spacial score (nSPS) is 17.4. The molecule has 5 nitrogen and oxygen atoms in total. The van der Waals surface area contributed by atoms with Crippen LogP contribution in [0.5, 0.6) is 0 Å². The third-order valence-corrected chi connectivity index (χ3v) is 3.80. The van der Waals surface area contributed by atoms with Gasteiger partial charge in [0.15, 0.2) is 0 Å². The monoisotopic (exact) mass is 283 g/mol. The number of pyridine rings is 1. The molecule has 1 heterocycles. The van der Waals surface area contributed by atoms with Crippen LogP contribution in [0.4, 0.5) is 5.69 Å². The number of nitrogen functional groups attached to an aromatic ring is 1. The van der Waals surface area contributed by atoms with Crippen LogP contribution in [0, 0.1) is 0 Å². The molecular formula is C13H18ClN3O2. The maximum atomic E-state index is 12.3. The smallest absolute Gasteiger partial charge is 0.256 e. The average Bonchev–Trinajstić information content (AvgIpc) is 2.78. The first-order valence-electron chi connectivity index (χ1n) is 6.30. The average molecular weight is 284 g/mol. The fourth-order valence-electron chi connectivity index (χ4n) is 2.52. The van der Waals surface area contributed by atoms with Gasteiger partial charge in [-0.3, -0.25) is 4.79 Å². The van der Waals surface area contributed by atoms with Gasteiger partial charge in [0.05, 0.1) is 23.0 Å². The number of halogens is 1. The number of nitrogens with zero attached hydrogens (tertiary/aromatic N) is 2. The highest BCUT2D eigenvalue weighted by atomic mass is 35.5. The molecular weight excluding hydrogens is 266 g/mol. The minimum atomic E-state index is -0.773. The lowest BCUT2D eigenvalue weighted by Crippen LogP contribution is -2.42. The molecule has 19 heavy (non-hydrogen) atoms. The lowest BCUT2D eigenvalue weighted by atomic mass is 10.0.